The van der Waals surface area contributed by atoms with Crippen LogP contribution in [0.1, 0.15) is 13.0 Å². The third kappa shape index (κ3) is 1.91. The fraction of sp³-hybridized carbons (Fsp3) is 0.273. The van der Waals surface area contributed by atoms with E-state index in [0.29, 0.717) is 6.54 Å². The molecule has 0 saturated carbocycles. The van der Waals surface area contributed by atoms with E-state index < -0.39 is 0 Å². The van der Waals surface area contributed by atoms with Crippen molar-refractivity contribution in [1.82, 2.24) is 4.98 Å². The lowest BCUT2D eigenvalue weighted by molar-refractivity contribution is 0.976. The second-order valence-electron chi connectivity index (χ2n) is 3.04. The number of nitrogens with one attached hydrogen (secondary N) is 1. The van der Waals surface area contributed by atoms with Crippen LogP contribution in [0.2, 0.25) is 5.02 Å². The molecule has 0 spiro atoms. The largest absolute Gasteiger partial charge is 0.361 e. The Morgan fingerprint density at radius 2 is 2.14 bits per heavy atom. The number of rotatable bonds is 2. The number of hydrogen-bond donors (Lipinski definition) is 2. The van der Waals surface area contributed by atoms with Crippen LogP contribution in [0.15, 0.2) is 24.4 Å². The van der Waals surface area contributed by atoms with Crippen molar-refractivity contribution in [3.63, 3.8) is 0 Å². The molecule has 14 heavy (non-hydrogen) atoms. The molecule has 0 radical (unpaired) electrons. The average molecular weight is 211 g/mol. The van der Waals surface area contributed by atoms with Crippen LogP contribution in [-0.4, -0.2) is 11.5 Å². The van der Waals surface area contributed by atoms with Gasteiger partial charge in [0.15, 0.2) is 0 Å². The molecular formula is C11H15ClN2. The SMILES string of the molecule is C.NCCc1c[nH]c2ccc(Cl)cc12. The van der Waals surface area contributed by atoms with Crippen molar-refractivity contribution in [3.8, 4) is 0 Å². The van der Waals surface area contributed by atoms with Gasteiger partial charge in [0.05, 0.1) is 0 Å². The summed E-state index contributed by atoms with van der Waals surface area (Å²) in [4.78, 5) is 3.19. The highest BCUT2D eigenvalue weighted by atomic mass is 35.5. The molecule has 0 amide bonds. The number of benzene rings is 1. The smallest absolute Gasteiger partial charge is 0.0457 e. The van der Waals surface area contributed by atoms with E-state index in [4.69, 9.17) is 17.3 Å². The van der Waals surface area contributed by atoms with E-state index in [2.05, 4.69) is 4.98 Å². The van der Waals surface area contributed by atoms with Crippen LogP contribution in [0.5, 0.6) is 0 Å². The fourth-order valence-corrected chi connectivity index (χ4v) is 1.69. The minimum atomic E-state index is 0. The first-order valence-corrected chi connectivity index (χ1v) is 4.64. The molecule has 0 saturated heterocycles. The average Bonchev–Trinajstić information content (AvgIpc) is 2.49. The van der Waals surface area contributed by atoms with E-state index in [1.807, 2.05) is 24.4 Å². The maximum atomic E-state index is 5.90. The molecule has 0 atom stereocenters. The van der Waals surface area contributed by atoms with Gasteiger partial charge in [-0.3, -0.25) is 0 Å². The van der Waals surface area contributed by atoms with Crippen LogP contribution in [-0.2, 0) is 6.42 Å². The summed E-state index contributed by atoms with van der Waals surface area (Å²) in [5.41, 5.74) is 7.86. The lowest BCUT2D eigenvalue weighted by Gasteiger charge is -1.95. The summed E-state index contributed by atoms with van der Waals surface area (Å²) in [6.45, 7) is 0.666. The van der Waals surface area contributed by atoms with Gasteiger partial charge in [-0.1, -0.05) is 19.0 Å². The zero-order chi connectivity index (χ0) is 9.26. The number of fused-ring (bicyclic) bond motifs is 1. The Bertz CT molecular complexity index is 420. The predicted molar refractivity (Wildman–Crippen MR) is 62.8 cm³/mol. The van der Waals surface area contributed by atoms with Crippen LogP contribution < -0.4 is 5.73 Å². The van der Waals surface area contributed by atoms with E-state index in [-0.39, 0.29) is 7.43 Å². The Morgan fingerprint density at radius 1 is 1.36 bits per heavy atom. The van der Waals surface area contributed by atoms with E-state index >= 15 is 0 Å². The van der Waals surface area contributed by atoms with Gasteiger partial charge >= 0.3 is 0 Å². The maximum absolute atomic E-state index is 5.90. The molecule has 3 heteroatoms. The molecule has 0 aliphatic carbocycles. The minimum Gasteiger partial charge on any atom is -0.361 e. The highest BCUT2D eigenvalue weighted by Gasteiger charge is 2.02. The summed E-state index contributed by atoms with van der Waals surface area (Å²) >= 11 is 5.90. The van der Waals surface area contributed by atoms with Gasteiger partial charge in [-0.25, -0.2) is 0 Å². The van der Waals surface area contributed by atoms with Crippen molar-refractivity contribution in [3.05, 3.63) is 35.0 Å². The van der Waals surface area contributed by atoms with Gasteiger partial charge in [-0.05, 0) is 36.7 Å². The summed E-state index contributed by atoms with van der Waals surface area (Å²) < 4.78 is 0. The first kappa shape index (κ1) is 11.1. The first-order chi connectivity index (χ1) is 6.31. The van der Waals surface area contributed by atoms with Crippen molar-refractivity contribution in [2.75, 3.05) is 6.54 Å². The Kier molecular flexibility index (Phi) is 3.55. The van der Waals surface area contributed by atoms with Crippen LogP contribution in [0.3, 0.4) is 0 Å². The highest BCUT2D eigenvalue weighted by Crippen LogP contribution is 2.22. The van der Waals surface area contributed by atoms with Crippen molar-refractivity contribution in [2.24, 2.45) is 5.73 Å². The van der Waals surface area contributed by atoms with Gasteiger partial charge in [0.2, 0.25) is 0 Å². The summed E-state index contributed by atoms with van der Waals surface area (Å²) in [5.74, 6) is 0. The molecule has 76 valence electrons. The van der Waals surface area contributed by atoms with E-state index in [0.717, 1.165) is 17.0 Å². The van der Waals surface area contributed by atoms with E-state index in [1.54, 1.807) is 0 Å². The Labute approximate surface area is 89.1 Å². The summed E-state index contributed by atoms with van der Waals surface area (Å²) in [6, 6.07) is 5.84. The molecule has 0 aliphatic heterocycles. The molecule has 0 aliphatic rings. The summed E-state index contributed by atoms with van der Waals surface area (Å²) in [5, 5.41) is 1.95. The number of halogens is 1. The normalized spacial score (nSPS) is 10.1. The Balaban J connectivity index is 0.000000980. The molecule has 0 unspecified atom stereocenters. The third-order valence-corrected chi connectivity index (χ3v) is 2.38. The zero-order valence-electron chi connectivity index (χ0n) is 7.18. The number of aromatic amines is 1. The first-order valence-electron chi connectivity index (χ1n) is 4.27. The van der Waals surface area contributed by atoms with Crippen molar-refractivity contribution < 1.29 is 0 Å². The van der Waals surface area contributed by atoms with E-state index in [1.165, 1.54) is 10.9 Å². The quantitative estimate of drug-likeness (QED) is 0.787. The molecule has 2 nitrogen and oxygen atoms in total. The van der Waals surface area contributed by atoms with Crippen LogP contribution >= 0.6 is 11.6 Å². The Hall–Kier alpha value is -0.990. The van der Waals surface area contributed by atoms with E-state index in [9.17, 15) is 0 Å². The molecular weight excluding hydrogens is 196 g/mol. The van der Waals surface area contributed by atoms with Crippen molar-refractivity contribution in [2.45, 2.75) is 13.8 Å². The van der Waals surface area contributed by atoms with Crippen molar-refractivity contribution >= 4 is 22.5 Å². The predicted octanol–water partition coefficient (Wildman–Crippen LogP) is 2.96. The van der Waals surface area contributed by atoms with Gasteiger partial charge in [-0.15, -0.1) is 0 Å². The molecule has 0 fully saturated rings. The molecule has 1 aromatic heterocycles. The minimum absolute atomic E-state index is 0. The number of hydrogen-bond acceptors (Lipinski definition) is 1. The lowest BCUT2D eigenvalue weighted by atomic mass is 10.1. The van der Waals surface area contributed by atoms with Gasteiger partial charge in [0.1, 0.15) is 0 Å². The molecule has 1 aromatic carbocycles. The number of aromatic nitrogens is 1. The lowest BCUT2D eigenvalue weighted by Crippen LogP contribution is -2.01. The summed E-state index contributed by atoms with van der Waals surface area (Å²) in [6.07, 6.45) is 2.88. The third-order valence-electron chi connectivity index (χ3n) is 2.14. The van der Waals surface area contributed by atoms with Crippen molar-refractivity contribution in [1.29, 1.82) is 0 Å². The molecule has 2 rings (SSSR count). The van der Waals surface area contributed by atoms with Gasteiger partial charge in [-0.2, -0.15) is 0 Å². The summed E-state index contributed by atoms with van der Waals surface area (Å²) in [7, 11) is 0. The highest BCUT2D eigenvalue weighted by molar-refractivity contribution is 6.31. The maximum Gasteiger partial charge on any atom is 0.0457 e. The molecule has 2 aromatic rings. The monoisotopic (exact) mass is 210 g/mol. The number of H-pyrrole nitrogens is 1. The molecule has 3 N–H and O–H groups in total. The standard InChI is InChI=1S/C10H11ClN2.CH4/c11-8-1-2-10-9(5-8)7(3-4-12)6-13-10;/h1-2,5-6,13H,3-4,12H2;1H4. The molecule has 0 bridgehead atoms. The Morgan fingerprint density at radius 3 is 2.86 bits per heavy atom. The fourth-order valence-electron chi connectivity index (χ4n) is 1.51. The van der Waals surface area contributed by atoms with Gasteiger partial charge in [0.25, 0.3) is 0 Å². The topological polar surface area (TPSA) is 41.8 Å². The van der Waals surface area contributed by atoms with Crippen LogP contribution in [0.25, 0.3) is 10.9 Å². The zero-order valence-corrected chi connectivity index (χ0v) is 7.93. The van der Waals surface area contributed by atoms with Crippen LogP contribution in [0.4, 0.5) is 0 Å². The number of nitrogens with two attached hydrogens (primary N) is 1. The second-order valence-corrected chi connectivity index (χ2v) is 3.48. The van der Waals surface area contributed by atoms with Gasteiger partial charge in [0, 0.05) is 22.1 Å². The van der Waals surface area contributed by atoms with Gasteiger partial charge < -0.3 is 10.7 Å². The van der Waals surface area contributed by atoms with Crippen LogP contribution in [0, 0.1) is 0 Å². The molecule has 1 heterocycles. The second kappa shape index (κ2) is 4.49.